The molecule has 1 N–H and O–H groups in total. The van der Waals surface area contributed by atoms with Gasteiger partial charge in [-0.3, -0.25) is 4.79 Å². The largest absolute Gasteiger partial charge is 0.465 e. The Balaban J connectivity index is 1.67. The second-order valence-corrected chi connectivity index (χ2v) is 5.91. The standard InChI is InChI=1S/C16H15NO4S/c1-20-16(19)14-13(8-9-22-14)21-12-6-4-11(5-7-12)17-15(18)10-2-3-10/h4-10H,2-3H2,1H3,(H,17,18). The molecule has 0 unspecified atom stereocenters. The minimum atomic E-state index is -0.418. The third kappa shape index (κ3) is 3.28. The molecule has 0 aliphatic heterocycles. The molecule has 0 saturated heterocycles. The number of esters is 1. The average Bonchev–Trinajstić information content (AvgIpc) is 3.29. The van der Waals surface area contributed by atoms with Crippen LogP contribution in [0.15, 0.2) is 35.7 Å². The summed E-state index contributed by atoms with van der Waals surface area (Å²) in [5.74, 6) is 0.877. The van der Waals surface area contributed by atoms with Crippen molar-refractivity contribution in [3.05, 3.63) is 40.6 Å². The summed E-state index contributed by atoms with van der Waals surface area (Å²) in [7, 11) is 1.34. The molecule has 5 nitrogen and oxygen atoms in total. The highest BCUT2D eigenvalue weighted by atomic mass is 32.1. The topological polar surface area (TPSA) is 64.6 Å². The summed E-state index contributed by atoms with van der Waals surface area (Å²) in [6, 6.07) is 8.78. The number of benzene rings is 1. The zero-order valence-corrected chi connectivity index (χ0v) is 12.8. The van der Waals surface area contributed by atoms with E-state index in [1.807, 2.05) is 0 Å². The third-order valence-corrected chi connectivity index (χ3v) is 4.17. The van der Waals surface area contributed by atoms with Gasteiger partial charge in [-0.05, 0) is 48.6 Å². The first-order valence-electron chi connectivity index (χ1n) is 6.92. The van der Waals surface area contributed by atoms with Crippen LogP contribution >= 0.6 is 11.3 Å². The van der Waals surface area contributed by atoms with Crippen LogP contribution in [0, 0.1) is 5.92 Å². The van der Waals surface area contributed by atoms with Gasteiger partial charge < -0.3 is 14.8 Å². The van der Waals surface area contributed by atoms with Crippen LogP contribution in [0.3, 0.4) is 0 Å². The Hall–Kier alpha value is -2.34. The van der Waals surface area contributed by atoms with E-state index in [1.54, 1.807) is 35.7 Å². The van der Waals surface area contributed by atoms with Crippen LogP contribution in [0.2, 0.25) is 0 Å². The van der Waals surface area contributed by atoms with Gasteiger partial charge in [0.05, 0.1) is 7.11 Å². The Bertz CT molecular complexity index is 688. The monoisotopic (exact) mass is 317 g/mol. The van der Waals surface area contributed by atoms with Gasteiger partial charge in [0.15, 0.2) is 10.6 Å². The second kappa shape index (κ2) is 6.19. The normalized spacial score (nSPS) is 13.5. The molecule has 0 atom stereocenters. The van der Waals surface area contributed by atoms with Gasteiger partial charge in [0.25, 0.3) is 0 Å². The summed E-state index contributed by atoms with van der Waals surface area (Å²) in [6.45, 7) is 0. The van der Waals surface area contributed by atoms with Crippen molar-refractivity contribution >= 4 is 28.9 Å². The van der Waals surface area contributed by atoms with Gasteiger partial charge in [0.1, 0.15) is 5.75 Å². The highest BCUT2D eigenvalue weighted by Crippen LogP contribution is 2.32. The van der Waals surface area contributed by atoms with Crippen molar-refractivity contribution in [2.75, 3.05) is 12.4 Å². The van der Waals surface area contributed by atoms with E-state index >= 15 is 0 Å². The predicted octanol–water partition coefficient (Wildman–Crippen LogP) is 3.68. The first-order chi connectivity index (χ1) is 10.7. The number of thiophene rings is 1. The number of carbonyl (C=O) groups excluding carboxylic acids is 2. The molecule has 6 heteroatoms. The number of nitrogens with one attached hydrogen (secondary N) is 1. The number of hydrogen-bond donors (Lipinski definition) is 1. The van der Waals surface area contributed by atoms with E-state index in [9.17, 15) is 9.59 Å². The number of hydrogen-bond acceptors (Lipinski definition) is 5. The molecule has 0 radical (unpaired) electrons. The molecule has 2 aromatic rings. The fourth-order valence-corrected chi connectivity index (χ4v) is 2.68. The van der Waals surface area contributed by atoms with Gasteiger partial charge in [-0.2, -0.15) is 0 Å². The van der Waals surface area contributed by atoms with E-state index in [-0.39, 0.29) is 11.8 Å². The lowest BCUT2D eigenvalue weighted by Crippen LogP contribution is -2.12. The van der Waals surface area contributed by atoms with Crippen LogP contribution in [-0.2, 0) is 9.53 Å². The van der Waals surface area contributed by atoms with Gasteiger partial charge in [-0.15, -0.1) is 11.3 Å². The lowest BCUT2D eigenvalue weighted by molar-refractivity contribution is -0.117. The lowest BCUT2D eigenvalue weighted by Gasteiger charge is -2.08. The van der Waals surface area contributed by atoms with Gasteiger partial charge in [0.2, 0.25) is 5.91 Å². The molecule has 0 spiro atoms. The summed E-state index contributed by atoms with van der Waals surface area (Å²) in [5, 5.41) is 4.63. The SMILES string of the molecule is COC(=O)c1sccc1Oc1ccc(NC(=O)C2CC2)cc1. The Kier molecular flexibility index (Phi) is 4.11. The highest BCUT2D eigenvalue weighted by Gasteiger charge is 2.29. The molecule has 1 aromatic heterocycles. The summed E-state index contributed by atoms with van der Waals surface area (Å²) >= 11 is 1.27. The third-order valence-electron chi connectivity index (χ3n) is 3.30. The van der Waals surface area contributed by atoms with Crippen molar-refractivity contribution in [1.29, 1.82) is 0 Å². The fourth-order valence-electron chi connectivity index (χ4n) is 1.94. The van der Waals surface area contributed by atoms with Crippen molar-refractivity contribution in [2.45, 2.75) is 12.8 Å². The minimum Gasteiger partial charge on any atom is -0.465 e. The maximum Gasteiger partial charge on any atom is 0.351 e. The maximum absolute atomic E-state index is 11.7. The molecule has 1 amide bonds. The Labute approximate surface area is 131 Å². The fraction of sp³-hybridized carbons (Fsp3) is 0.250. The van der Waals surface area contributed by atoms with E-state index in [2.05, 4.69) is 5.32 Å². The zero-order chi connectivity index (χ0) is 15.5. The number of ether oxygens (including phenoxy) is 2. The lowest BCUT2D eigenvalue weighted by atomic mass is 10.3. The molecular formula is C16H15NO4S. The first kappa shape index (κ1) is 14.6. The molecule has 114 valence electrons. The second-order valence-electron chi connectivity index (χ2n) is 5.00. The minimum absolute atomic E-state index is 0.0690. The van der Waals surface area contributed by atoms with Crippen molar-refractivity contribution < 1.29 is 19.1 Å². The van der Waals surface area contributed by atoms with E-state index in [0.717, 1.165) is 18.5 Å². The van der Waals surface area contributed by atoms with Crippen LogP contribution in [0.4, 0.5) is 5.69 Å². The number of carbonyl (C=O) groups is 2. The summed E-state index contributed by atoms with van der Waals surface area (Å²) in [5.41, 5.74) is 0.739. The van der Waals surface area contributed by atoms with Crippen LogP contribution in [0.25, 0.3) is 0 Å². The average molecular weight is 317 g/mol. The molecule has 1 aliphatic rings. The summed E-state index contributed by atoms with van der Waals surface area (Å²) < 4.78 is 10.4. The Morgan fingerprint density at radius 3 is 2.55 bits per heavy atom. The zero-order valence-electron chi connectivity index (χ0n) is 12.0. The van der Waals surface area contributed by atoms with Gasteiger partial charge in [0, 0.05) is 11.6 Å². The van der Waals surface area contributed by atoms with Gasteiger partial charge in [-0.25, -0.2) is 4.79 Å². The number of anilines is 1. The molecule has 22 heavy (non-hydrogen) atoms. The van der Waals surface area contributed by atoms with Crippen molar-refractivity contribution in [3.63, 3.8) is 0 Å². The molecule has 1 saturated carbocycles. The maximum atomic E-state index is 11.7. The Morgan fingerprint density at radius 1 is 1.18 bits per heavy atom. The summed E-state index contributed by atoms with van der Waals surface area (Å²) in [6.07, 6.45) is 1.95. The van der Waals surface area contributed by atoms with Crippen LogP contribution in [0.5, 0.6) is 11.5 Å². The van der Waals surface area contributed by atoms with E-state index in [4.69, 9.17) is 9.47 Å². The molecule has 1 aliphatic carbocycles. The smallest absolute Gasteiger partial charge is 0.351 e. The number of methoxy groups -OCH3 is 1. The van der Waals surface area contributed by atoms with Gasteiger partial charge >= 0.3 is 5.97 Å². The van der Waals surface area contributed by atoms with Crippen LogP contribution in [-0.4, -0.2) is 19.0 Å². The molecule has 0 bridgehead atoms. The predicted molar refractivity (Wildman–Crippen MR) is 83.5 cm³/mol. The molecule has 1 heterocycles. The van der Waals surface area contributed by atoms with Crippen molar-refractivity contribution in [1.82, 2.24) is 0 Å². The molecular weight excluding hydrogens is 302 g/mol. The number of rotatable bonds is 5. The molecule has 1 fully saturated rings. The van der Waals surface area contributed by atoms with Crippen molar-refractivity contribution in [2.24, 2.45) is 5.92 Å². The van der Waals surface area contributed by atoms with E-state index in [1.165, 1.54) is 18.4 Å². The first-order valence-corrected chi connectivity index (χ1v) is 7.80. The van der Waals surface area contributed by atoms with Crippen LogP contribution in [0.1, 0.15) is 22.5 Å². The summed E-state index contributed by atoms with van der Waals surface area (Å²) in [4.78, 5) is 23.7. The van der Waals surface area contributed by atoms with E-state index < -0.39 is 5.97 Å². The van der Waals surface area contributed by atoms with Crippen molar-refractivity contribution in [3.8, 4) is 11.5 Å². The number of amides is 1. The van der Waals surface area contributed by atoms with Crippen LogP contribution < -0.4 is 10.1 Å². The van der Waals surface area contributed by atoms with Gasteiger partial charge in [-0.1, -0.05) is 0 Å². The van der Waals surface area contributed by atoms with E-state index in [0.29, 0.717) is 16.4 Å². The quantitative estimate of drug-likeness (QED) is 0.855. The molecule has 3 rings (SSSR count). The highest BCUT2D eigenvalue weighted by molar-refractivity contribution is 7.12. The molecule has 1 aromatic carbocycles. The Morgan fingerprint density at radius 2 is 1.91 bits per heavy atom.